The Morgan fingerprint density at radius 1 is 0.505 bits per heavy atom. The van der Waals surface area contributed by atoms with Gasteiger partial charge in [-0.2, -0.15) is 19.2 Å². The molecule has 103 heavy (non-hydrogen) atoms. The summed E-state index contributed by atoms with van der Waals surface area (Å²) in [5, 5.41) is 30.9. The molecule has 22 nitrogen and oxygen atoms in total. The zero-order valence-corrected chi connectivity index (χ0v) is 71.8. The number of hydrogen-bond donors (Lipinski definition) is 2. The topological polar surface area (TPSA) is 229 Å². The third-order valence-corrected chi connectivity index (χ3v) is 27.1. The molecular weight excluding hydrogens is 1430 g/mol. The normalized spacial score (nSPS) is 19.9. The molecule has 2 unspecified atom stereocenters. The highest BCUT2D eigenvalue weighted by atomic mass is 79.9. The predicted octanol–water partition coefficient (Wildman–Crippen LogP) is 17.0. The largest absolute Gasteiger partial charge is 0.444 e. The molecule has 0 saturated carbocycles. The minimum absolute atomic E-state index is 0.0841. The predicted molar refractivity (Wildman–Crippen MR) is 425 cm³/mol. The van der Waals surface area contributed by atoms with Crippen LogP contribution in [0.15, 0.2) is 59.6 Å². The fourth-order valence-electron chi connectivity index (χ4n) is 13.7. The number of aliphatic hydroxyl groups is 2. The minimum Gasteiger partial charge on any atom is -0.444 e. The Balaban J connectivity index is 0.000000239. The summed E-state index contributed by atoms with van der Waals surface area (Å²) in [6, 6.07) is 14.5. The lowest BCUT2D eigenvalue weighted by atomic mass is 9.88. The molecule has 0 radical (unpaired) electrons. The van der Waals surface area contributed by atoms with Gasteiger partial charge in [0.25, 0.3) is 0 Å². The number of nitrogens with zero attached hydrogens (tertiary/aromatic N) is 12. The Kier molecular flexibility index (Phi) is 26.0. The Bertz CT molecular complexity index is 3750. The van der Waals surface area contributed by atoms with Crippen LogP contribution in [0.2, 0.25) is 103 Å². The van der Waals surface area contributed by atoms with Gasteiger partial charge in [-0.15, -0.1) is 0 Å². The van der Waals surface area contributed by atoms with E-state index in [4.69, 9.17) is 48.6 Å². The van der Waals surface area contributed by atoms with E-state index in [1.54, 1.807) is 40.1 Å². The van der Waals surface area contributed by atoms with Gasteiger partial charge < -0.3 is 58.2 Å². The number of piperidine rings is 2. The molecule has 4 saturated heterocycles. The van der Waals surface area contributed by atoms with Crippen LogP contribution in [-0.2, 0) is 39.6 Å². The third kappa shape index (κ3) is 22.5. The fraction of sp³-hybridized carbons (Fsp3) is 0.684. The van der Waals surface area contributed by atoms with E-state index in [1.807, 2.05) is 97.0 Å². The zero-order chi connectivity index (χ0) is 75.6. The van der Waals surface area contributed by atoms with E-state index in [0.29, 0.717) is 70.4 Å². The van der Waals surface area contributed by atoms with Crippen molar-refractivity contribution in [3.05, 3.63) is 82.4 Å². The average Bonchev–Trinajstić information content (AvgIpc) is 1.64. The van der Waals surface area contributed by atoms with Crippen LogP contribution >= 0.6 is 15.9 Å². The maximum absolute atomic E-state index is 13.3. The van der Waals surface area contributed by atoms with Gasteiger partial charge in [-0.05, 0) is 173 Å². The van der Waals surface area contributed by atoms with Crippen LogP contribution in [-0.4, -0.2) is 192 Å². The first-order valence-corrected chi connectivity index (χ1v) is 53.1. The highest BCUT2D eigenvalue weighted by Gasteiger charge is 2.48. The van der Waals surface area contributed by atoms with E-state index in [0.717, 1.165) is 131 Å². The first-order chi connectivity index (χ1) is 47.8. The molecule has 2 N–H and O–H groups in total. The summed E-state index contributed by atoms with van der Waals surface area (Å²) in [5.74, 6) is 1.96. The number of ether oxygens (including phenoxy) is 6. The summed E-state index contributed by atoms with van der Waals surface area (Å²) in [6.45, 7) is 51.0. The van der Waals surface area contributed by atoms with E-state index in [1.165, 1.54) is 0 Å². The van der Waals surface area contributed by atoms with E-state index < -0.39 is 54.7 Å². The maximum atomic E-state index is 13.3. The van der Waals surface area contributed by atoms with Crippen LogP contribution in [0.4, 0.5) is 21.2 Å². The summed E-state index contributed by atoms with van der Waals surface area (Å²) in [4.78, 5) is 54.8. The van der Waals surface area contributed by atoms with Crippen molar-refractivity contribution in [2.45, 2.75) is 282 Å². The van der Waals surface area contributed by atoms with Gasteiger partial charge in [0.05, 0.1) is 33.9 Å². The van der Waals surface area contributed by atoms with Crippen molar-refractivity contribution < 1.29 is 48.2 Å². The molecule has 6 aromatic rings. The highest BCUT2D eigenvalue weighted by Crippen LogP contribution is 2.48. The van der Waals surface area contributed by atoms with Crippen LogP contribution < -0.4 is 9.80 Å². The Morgan fingerprint density at radius 3 is 1.21 bits per heavy atom. The number of carbonyl (C=O) groups is 2. The number of pyridine rings is 2. The molecule has 4 aliphatic heterocycles. The van der Waals surface area contributed by atoms with Crippen molar-refractivity contribution in [2.24, 2.45) is 0 Å². The molecule has 0 spiro atoms. The minimum atomic E-state index is -1.30. The summed E-state index contributed by atoms with van der Waals surface area (Å²) in [7, 11) is -5.15. The second-order valence-corrected chi connectivity index (χ2v) is 60.4. The van der Waals surface area contributed by atoms with Crippen molar-refractivity contribution in [3.63, 3.8) is 0 Å². The molecule has 570 valence electrons. The number of hydrogen-bond acceptors (Lipinski definition) is 18. The third-order valence-electron chi connectivity index (χ3n) is 19.5. The van der Waals surface area contributed by atoms with Crippen molar-refractivity contribution >= 4 is 83.3 Å². The molecule has 2 amide bonds. The molecule has 6 atom stereocenters. The molecule has 27 heteroatoms. The Labute approximate surface area is 626 Å². The molecule has 6 aromatic heterocycles. The highest BCUT2D eigenvalue weighted by molar-refractivity contribution is 9.10. The van der Waals surface area contributed by atoms with Gasteiger partial charge in [0, 0.05) is 141 Å². The zero-order valence-electron chi connectivity index (χ0n) is 66.2. The number of carbonyl (C=O) groups excluding carboxylic acids is 2. The maximum Gasteiger partial charge on any atom is 0.410 e. The number of halogens is 1. The Hall–Kier alpha value is -5.21. The molecule has 4 fully saturated rings. The van der Waals surface area contributed by atoms with E-state index in [2.05, 4.69) is 120 Å². The smallest absolute Gasteiger partial charge is 0.410 e. The average molecular weight is 1560 g/mol. The van der Waals surface area contributed by atoms with Crippen LogP contribution in [0.25, 0.3) is 33.5 Å². The van der Waals surface area contributed by atoms with Gasteiger partial charge in [0.2, 0.25) is 0 Å². The lowest BCUT2D eigenvalue weighted by Gasteiger charge is -2.39. The molecule has 4 bridgehead atoms. The first-order valence-electron chi connectivity index (χ1n) is 37.5. The van der Waals surface area contributed by atoms with Gasteiger partial charge in [-0.3, -0.25) is 9.97 Å². The first kappa shape index (κ1) is 81.9. The number of anilines is 2. The molecular formula is C76H123BrN12O10Si4. The SMILES string of the molecule is CC(C)(C)OC(=O)N1[C@@H]2CC[C@H]1CC(c1cc(N(COCC[Si](C)(C)C)COCC[Si](C)(C)C)n3ncc(-c4ccc(C(C)(C)O)nc4)c3n1)C2.CC(C)(C)OC(=O)N1[C@@H]2CC[C@H]1CC(c1nc3c(-c4ccc(C(C)(C)O)nc4)cnn3c(N(COCC[Si](C)(C)C)COCC[Si](C)(C)C)c1Br)C2. The summed E-state index contributed by atoms with van der Waals surface area (Å²) >= 11 is 4.05. The van der Waals surface area contributed by atoms with Crippen LogP contribution in [0, 0.1) is 0 Å². The number of fused-ring (bicyclic) bond motifs is 6. The molecule has 4 aliphatic rings. The monoisotopic (exact) mass is 1550 g/mol. The summed E-state index contributed by atoms with van der Waals surface area (Å²) in [5.41, 5.74) is 4.82. The van der Waals surface area contributed by atoms with Crippen molar-refractivity contribution in [1.82, 2.24) is 49.0 Å². The van der Waals surface area contributed by atoms with Gasteiger partial charge >= 0.3 is 12.2 Å². The molecule has 10 rings (SSSR count). The second kappa shape index (κ2) is 32.7. The van der Waals surface area contributed by atoms with E-state index in [9.17, 15) is 19.8 Å². The van der Waals surface area contributed by atoms with Gasteiger partial charge in [0.15, 0.2) is 17.1 Å². The lowest BCUT2D eigenvalue weighted by Crippen LogP contribution is -2.48. The van der Waals surface area contributed by atoms with Gasteiger partial charge in [-0.25, -0.2) is 19.6 Å². The van der Waals surface area contributed by atoms with Gasteiger partial charge in [-0.1, -0.05) is 90.7 Å². The molecule has 0 aliphatic carbocycles. The van der Waals surface area contributed by atoms with Crippen LogP contribution in [0.5, 0.6) is 0 Å². The van der Waals surface area contributed by atoms with Crippen LogP contribution in [0.3, 0.4) is 0 Å². The Morgan fingerprint density at radius 2 is 0.864 bits per heavy atom. The van der Waals surface area contributed by atoms with Crippen molar-refractivity contribution in [1.29, 1.82) is 0 Å². The number of rotatable bonds is 28. The fourth-order valence-corrected chi connectivity index (χ4v) is 17.6. The van der Waals surface area contributed by atoms with Crippen LogP contribution in [0.1, 0.15) is 155 Å². The quantitative estimate of drug-likeness (QED) is 0.0264. The van der Waals surface area contributed by atoms with Crippen molar-refractivity contribution in [2.75, 3.05) is 63.2 Å². The van der Waals surface area contributed by atoms with Gasteiger partial charge in [0.1, 0.15) is 55.1 Å². The van der Waals surface area contributed by atoms with E-state index >= 15 is 0 Å². The lowest BCUT2D eigenvalue weighted by molar-refractivity contribution is 0.00458. The standard InChI is InChI=1S/C38H61BrN6O5Si2.C38H62N6O5Si2/c1-37(2,3)50-36(46)44-28-13-14-29(44)21-27(20-28)33-32(39)35(43(24-48-16-18-51(6,7)8)25-49-17-19-52(9,10)11)45-34(42-33)30(23-41-45)26-12-15-31(40-22-26)38(4,5)47;1-37(2,3)49-36(45)43-29-13-14-30(43)21-28(20-29)32-22-34(42(25-47-16-18-50(6,7)8)26-48-17-19-51(9,10)11)44-35(41-32)31(24-40-44)27-12-15-33(39-23-27)38(4,5)46/h12,15,22-23,27-29,47H,13-14,16-21,24-25H2,1-11H3;12,15,22-24,28-30,46H,13-14,16-21,25-26H2,1-11H3/t27?,28-,29+;28?,29-,30+. The second-order valence-electron chi connectivity index (χ2n) is 37.1. The molecule has 10 heterocycles. The van der Waals surface area contributed by atoms with E-state index in [-0.39, 0.29) is 48.2 Å². The summed E-state index contributed by atoms with van der Waals surface area (Å²) in [6.07, 6.45) is 13.9. The van der Waals surface area contributed by atoms with Crippen molar-refractivity contribution in [3.8, 4) is 22.3 Å². The number of aromatic nitrogens is 8. The number of amides is 2. The molecule has 0 aromatic carbocycles. The summed E-state index contributed by atoms with van der Waals surface area (Å²) < 4.78 is 41.8.